The Hall–Kier alpha value is -2.78. The maximum absolute atomic E-state index is 13.7. The van der Waals surface area contributed by atoms with Gasteiger partial charge in [0.15, 0.2) is 0 Å². The van der Waals surface area contributed by atoms with Crippen LogP contribution >= 0.6 is 0 Å². The van der Waals surface area contributed by atoms with Crippen molar-refractivity contribution in [3.8, 4) is 0 Å². The third-order valence-electron chi connectivity index (χ3n) is 14.8. The van der Waals surface area contributed by atoms with Gasteiger partial charge in [-0.2, -0.15) is 0 Å². The van der Waals surface area contributed by atoms with Gasteiger partial charge in [-0.1, -0.05) is 90.8 Å². The highest BCUT2D eigenvalue weighted by atomic mass is 16.6. The fourth-order valence-corrected chi connectivity index (χ4v) is 11.6. The Morgan fingerprint density at radius 1 is 0.625 bits per heavy atom. The number of aliphatic hydroxyl groups is 2. The predicted molar refractivity (Wildman–Crippen MR) is 219 cm³/mol. The highest BCUT2D eigenvalue weighted by Gasteiger charge is 2.57. The highest BCUT2D eigenvalue weighted by Crippen LogP contribution is 2.59. The molecule has 6 rings (SSSR count). The lowest BCUT2D eigenvalue weighted by molar-refractivity contribution is -0.169. The van der Waals surface area contributed by atoms with Gasteiger partial charge in [-0.3, -0.25) is 9.59 Å². The van der Waals surface area contributed by atoms with Gasteiger partial charge in [0.2, 0.25) is 0 Å². The van der Waals surface area contributed by atoms with Crippen LogP contribution in [-0.2, 0) is 52.2 Å². The smallest absolute Gasteiger partial charge is 0.312 e. The van der Waals surface area contributed by atoms with Crippen LogP contribution in [0, 0.1) is 22.7 Å². The molecule has 8 atom stereocenters. The van der Waals surface area contributed by atoms with E-state index in [0.29, 0.717) is 11.8 Å². The fraction of sp³-hybridized carbons (Fsp3) is 0.708. The second-order valence-electron chi connectivity index (χ2n) is 19.4. The van der Waals surface area contributed by atoms with Crippen molar-refractivity contribution in [2.75, 3.05) is 39.6 Å². The van der Waals surface area contributed by atoms with Gasteiger partial charge >= 0.3 is 11.9 Å². The molecule has 2 saturated carbocycles. The predicted octanol–water partition coefficient (Wildman–Crippen LogP) is 8.50. The van der Waals surface area contributed by atoms with Crippen LogP contribution in [0.15, 0.2) is 36.4 Å². The van der Waals surface area contributed by atoms with E-state index < -0.39 is 23.0 Å². The lowest BCUT2D eigenvalue weighted by atomic mass is 9.49. The van der Waals surface area contributed by atoms with E-state index in [1.165, 1.54) is 33.4 Å². The van der Waals surface area contributed by atoms with Crippen LogP contribution in [0.5, 0.6) is 0 Å². The van der Waals surface area contributed by atoms with Gasteiger partial charge < -0.3 is 29.2 Å². The zero-order valence-corrected chi connectivity index (χ0v) is 35.6. The molecule has 2 aromatic carbocycles. The van der Waals surface area contributed by atoms with Crippen LogP contribution in [0.3, 0.4) is 0 Å². The Kier molecular flexibility index (Phi) is 13.2. The first kappa shape index (κ1) is 42.8. The lowest BCUT2D eigenvalue weighted by Crippen LogP contribution is -2.53. The van der Waals surface area contributed by atoms with Crippen molar-refractivity contribution in [3.05, 3.63) is 69.8 Å². The van der Waals surface area contributed by atoms with Gasteiger partial charge in [0, 0.05) is 0 Å². The molecule has 0 heterocycles. The lowest BCUT2D eigenvalue weighted by Gasteiger charge is -2.54. The number of hydrogen-bond donors (Lipinski definition) is 2. The van der Waals surface area contributed by atoms with Crippen LogP contribution in [-0.4, -0.2) is 74.0 Å². The number of esters is 2. The fourth-order valence-electron chi connectivity index (χ4n) is 11.6. The molecule has 0 radical (unpaired) electrons. The van der Waals surface area contributed by atoms with Gasteiger partial charge in [-0.05, 0) is 133 Å². The molecule has 2 N–H and O–H groups in total. The number of benzene rings is 2. The SMILES string of the molecule is CC(C)c1ccc2c(c1)CCC1C(C)(C(=O)OCC(O)COCCOCC(O)COC(=O)C3(C)CCCC4(C)c5ccc(C(C)C)cc5CCC34)CCCC21C. The van der Waals surface area contributed by atoms with Crippen molar-refractivity contribution < 1.29 is 38.7 Å². The van der Waals surface area contributed by atoms with Gasteiger partial charge in [0.25, 0.3) is 0 Å². The Bertz CT molecular complexity index is 1580. The van der Waals surface area contributed by atoms with Gasteiger partial charge in [0.1, 0.15) is 25.4 Å². The Morgan fingerprint density at radius 2 is 1.02 bits per heavy atom. The average molecular weight is 775 g/mol. The van der Waals surface area contributed by atoms with Crippen LogP contribution in [0.2, 0.25) is 0 Å². The second kappa shape index (κ2) is 17.2. The molecule has 0 aromatic heterocycles. The van der Waals surface area contributed by atoms with Crippen molar-refractivity contribution in [1.82, 2.24) is 0 Å². The van der Waals surface area contributed by atoms with Gasteiger partial charge in [-0.25, -0.2) is 0 Å². The van der Waals surface area contributed by atoms with Gasteiger partial charge in [-0.15, -0.1) is 0 Å². The first-order chi connectivity index (χ1) is 26.5. The number of ether oxygens (including phenoxy) is 4. The Labute approximate surface area is 336 Å². The van der Waals surface area contributed by atoms with E-state index in [4.69, 9.17) is 18.9 Å². The summed E-state index contributed by atoms with van der Waals surface area (Å²) in [4.78, 5) is 27.3. The molecule has 4 aliphatic carbocycles. The highest BCUT2D eigenvalue weighted by molar-refractivity contribution is 5.78. The summed E-state index contributed by atoms with van der Waals surface area (Å²) in [6, 6.07) is 13.9. The molecule has 8 unspecified atom stereocenters. The van der Waals surface area contributed by atoms with E-state index in [-0.39, 0.29) is 74.2 Å². The number of carbonyl (C=O) groups is 2. The topological polar surface area (TPSA) is 112 Å². The third-order valence-corrected chi connectivity index (χ3v) is 14.8. The third kappa shape index (κ3) is 8.37. The number of aryl methyl sites for hydroxylation is 2. The van der Waals surface area contributed by atoms with Crippen LogP contribution < -0.4 is 0 Å². The molecular weight excluding hydrogens is 705 g/mol. The molecule has 8 heteroatoms. The van der Waals surface area contributed by atoms with E-state index in [9.17, 15) is 19.8 Å². The maximum atomic E-state index is 13.7. The van der Waals surface area contributed by atoms with Crippen LogP contribution in [0.4, 0.5) is 0 Å². The molecule has 2 aromatic rings. The first-order valence-electron chi connectivity index (χ1n) is 21.7. The molecule has 4 aliphatic rings. The molecule has 310 valence electrons. The summed E-state index contributed by atoms with van der Waals surface area (Å²) < 4.78 is 22.8. The van der Waals surface area contributed by atoms with Crippen molar-refractivity contribution in [3.63, 3.8) is 0 Å². The molecule has 0 saturated heterocycles. The van der Waals surface area contributed by atoms with E-state index in [1.807, 2.05) is 0 Å². The number of aliphatic hydroxyl groups excluding tert-OH is 2. The normalized spacial score (nSPS) is 30.8. The largest absolute Gasteiger partial charge is 0.462 e. The molecule has 0 bridgehead atoms. The zero-order valence-electron chi connectivity index (χ0n) is 35.6. The molecule has 0 aliphatic heterocycles. The Balaban J connectivity index is 0.892. The van der Waals surface area contributed by atoms with Crippen LogP contribution in [0.1, 0.15) is 152 Å². The number of carbonyl (C=O) groups excluding carboxylic acids is 2. The summed E-state index contributed by atoms with van der Waals surface area (Å²) in [6.07, 6.45) is 7.53. The standard InChI is InChI=1S/C48H70O8/c1-31(2)33-11-15-39-35(25-33)13-17-41-45(39,5)19-9-21-47(41,7)43(51)55-29-37(49)27-53-23-24-54-28-38(50)30-56-44(52)48(8)22-10-20-46(6)40-16-12-34(32(3)4)26-36(40)14-18-42(46)48/h11-12,15-16,25-26,31-32,37-38,41-42,49-50H,9-10,13-14,17-24,27-30H2,1-8H3. The molecule has 56 heavy (non-hydrogen) atoms. The average Bonchev–Trinajstić information content (AvgIpc) is 3.16. The van der Waals surface area contributed by atoms with Crippen molar-refractivity contribution in [2.45, 2.75) is 154 Å². The van der Waals surface area contributed by atoms with Crippen molar-refractivity contribution in [2.24, 2.45) is 22.7 Å². The first-order valence-corrected chi connectivity index (χ1v) is 21.7. The summed E-state index contributed by atoms with van der Waals surface area (Å²) >= 11 is 0. The molecule has 8 nitrogen and oxygen atoms in total. The molecule has 0 spiro atoms. The van der Waals surface area contributed by atoms with E-state index in [0.717, 1.165) is 64.2 Å². The second-order valence-corrected chi connectivity index (χ2v) is 19.4. The van der Waals surface area contributed by atoms with E-state index >= 15 is 0 Å². The zero-order chi connectivity index (χ0) is 40.5. The minimum atomic E-state index is -0.956. The molecular formula is C48H70O8. The monoisotopic (exact) mass is 775 g/mol. The van der Waals surface area contributed by atoms with Crippen molar-refractivity contribution in [1.29, 1.82) is 0 Å². The summed E-state index contributed by atoms with van der Waals surface area (Å²) in [5, 5.41) is 21.2. The minimum absolute atomic E-state index is 0.00224. The van der Waals surface area contributed by atoms with E-state index in [1.54, 1.807) is 0 Å². The summed E-state index contributed by atoms with van der Waals surface area (Å²) in [7, 11) is 0. The summed E-state index contributed by atoms with van der Waals surface area (Å²) in [5.74, 6) is 0.862. The molecule has 2 fully saturated rings. The van der Waals surface area contributed by atoms with Crippen LogP contribution in [0.25, 0.3) is 0 Å². The quantitative estimate of drug-likeness (QED) is 0.137. The summed E-state index contributed by atoms with van der Waals surface area (Å²) in [6.45, 7) is 17.9. The van der Waals surface area contributed by atoms with E-state index in [2.05, 4.69) is 91.8 Å². The van der Waals surface area contributed by atoms with Gasteiger partial charge in [0.05, 0.1) is 37.3 Å². The van der Waals surface area contributed by atoms with Crippen molar-refractivity contribution >= 4 is 11.9 Å². The number of rotatable bonds is 15. The minimum Gasteiger partial charge on any atom is -0.462 e. The molecule has 0 amide bonds. The number of fused-ring (bicyclic) bond motifs is 6. The Morgan fingerprint density at radius 3 is 1.39 bits per heavy atom. The summed E-state index contributed by atoms with van der Waals surface area (Å²) in [5.41, 5.74) is 6.96. The maximum Gasteiger partial charge on any atom is 0.312 e. The number of hydrogen-bond acceptors (Lipinski definition) is 8.